The monoisotopic (exact) mass is 372 g/mol. The minimum Gasteiger partial charge on any atom is -0.390 e. The number of pyridine rings is 2. The molecule has 0 saturated carbocycles. The van der Waals surface area contributed by atoms with Crippen molar-refractivity contribution in [2.75, 3.05) is 0 Å². The first-order valence-corrected chi connectivity index (χ1v) is 8.10. The molecule has 0 saturated heterocycles. The number of ketones is 2. The molecule has 0 aliphatic carbocycles. The van der Waals surface area contributed by atoms with E-state index in [1.807, 2.05) is 0 Å². The maximum absolute atomic E-state index is 12.8. The molecule has 4 unspecified atom stereocenters. The highest BCUT2D eigenvalue weighted by atomic mass is 16.4. The summed E-state index contributed by atoms with van der Waals surface area (Å²) in [5, 5.41) is 33.5. The number of nitrogens with two attached hydrogens (primary N) is 1. The molecule has 2 aromatic heterocycles. The summed E-state index contributed by atoms with van der Waals surface area (Å²) >= 11 is 0. The number of hydrazone groups is 1. The van der Waals surface area contributed by atoms with Crippen LogP contribution in [0.5, 0.6) is 0 Å². The van der Waals surface area contributed by atoms with Crippen LogP contribution in [0.15, 0.2) is 54.2 Å². The van der Waals surface area contributed by atoms with Gasteiger partial charge in [0.05, 0.1) is 18.2 Å². The molecule has 4 atom stereocenters. The summed E-state index contributed by atoms with van der Waals surface area (Å²) in [7, 11) is 0. The fraction of sp³-hybridized carbons (Fsp3) is 0.278. The van der Waals surface area contributed by atoms with Gasteiger partial charge in [0.15, 0.2) is 11.6 Å². The molecule has 27 heavy (non-hydrogen) atoms. The van der Waals surface area contributed by atoms with Gasteiger partial charge in [0.25, 0.3) is 0 Å². The molecule has 0 fully saturated rings. The zero-order valence-corrected chi connectivity index (χ0v) is 14.3. The number of aliphatic hydroxyl groups is 3. The lowest BCUT2D eigenvalue weighted by molar-refractivity contribution is -0.0527. The molecular weight excluding hydrogens is 352 g/mol. The Morgan fingerprint density at radius 1 is 0.963 bits per heavy atom. The van der Waals surface area contributed by atoms with Gasteiger partial charge in [0.1, 0.15) is 12.2 Å². The van der Waals surface area contributed by atoms with Crippen LogP contribution in [-0.2, 0) is 0 Å². The first-order valence-electron chi connectivity index (χ1n) is 8.10. The molecule has 0 aromatic carbocycles. The Morgan fingerprint density at radius 2 is 1.48 bits per heavy atom. The van der Waals surface area contributed by atoms with Crippen LogP contribution >= 0.6 is 0 Å². The highest BCUT2D eigenvalue weighted by Gasteiger charge is 2.37. The molecule has 9 nitrogen and oxygen atoms in total. The predicted molar refractivity (Wildman–Crippen MR) is 95.9 cm³/mol. The number of nitrogens with zero attached hydrogens (tertiary/aromatic N) is 3. The van der Waals surface area contributed by atoms with Gasteiger partial charge in [0.2, 0.25) is 0 Å². The van der Waals surface area contributed by atoms with Crippen LogP contribution in [0.2, 0.25) is 0 Å². The van der Waals surface area contributed by atoms with E-state index in [0.717, 1.165) is 6.21 Å². The van der Waals surface area contributed by atoms with Gasteiger partial charge in [-0.3, -0.25) is 19.6 Å². The second-order valence-electron chi connectivity index (χ2n) is 5.84. The van der Waals surface area contributed by atoms with E-state index >= 15 is 0 Å². The molecule has 0 aliphatic rings. The zero-order valence-electron chi connectivity index (χ0n) is 14.3. The number of Topliss-reactive ketones (excluding diaryl/α,β-unsaturated/α-hetero) is 2. The highest BCUT2D eigenvalue weighted by Crippen LogP contribution is 2.22. The third-order valence-electron chi connectivity index (χ3n) is 4.06. The minimum absolute atomic E-state index is 0.214. The molecule has 0 spiro atoms. The number of hydrogen-bond donors (Lipinski definition) is 4. The lowest BCUT2D eigenvalue weighted by Gasteiger charge is -2.27. The summed E-state index contributed by atoms with van der Waals surface area (Å²) in [6.07, 6.45) is 1.000. The second-order valence-corrected chi connectivity index (χ2v) is 5.84. The van der Waals surface area contributed by atoms with Gasteiger partial charge in [-0.1, -0.05) is 0 Å². The summed E-state index contributed by atoms with van der Waals surface area (Å²) in [5.74, 6) is 2.65. The first kappa shape index (κ1) is 20.3. The van der Waals surface area contributed by atoms with Crippen molar-refractivity contribution in [1.82, 2.24) is 9.97 Å². The van der Waals surface area contributed by atoms with Crippen LogP contribution in [0.3, 0.4) is 0 Å². The van der Waals surface area contributed by atoms with Gasteiger partial charge in [-0.2, -0.15) is 5.10 Å². The van der Waals surface area contributed by atoms with E-state index in [1.54, 1.807) is 0 Å². The van der Waals surface area contributed by atoms with E-state index in [2.05, 4.69) is 15.1 Å². The van der Waals surface area contributed by atoms with Crippen molar-refractivity contribution in [1.29, 1.82) is 0 Å². The lowest BCUT2D eigenvalue weighted by Crippen LogP contribution is -2.45. The van der Waals surface area contributed by atoms with Crippen molar-refractivity contribution in [2.24, 2.45) is 16.9 Å². The smallest absolute Gasteiger partial charge is 0.169 e. The predicted octanol–water partition coefficient (Wildman–Crippen LogP) is -0.424. The number of rotatable bonds is 9. The second kappa shape index (κ2) is 9.62. The maximum Gasteiger partial charge on any atom is 0.169 e. The van der Waals surface area contributed by atoms with Crippen molar-refractivity contribution in [3.05, 3.63) is 60.2 Å². The summed E-state index contributed by atoms with van der Waals surface area (Å²) in [4.78, 5) is 33.0. The Morgan fingerprint density at radius 3 is 2.00 bits per heavy atom. The van der Waals surface area contributed by atoms with Gasteiger partial charge in [-0.05, 0) is 24.3 Å². The Kier molecular flexibility index (Phi) is 7.24. The molecule has 5 N–H and O–H groups in total. The fourth-order valence-electron chi connectivity index (χ4n) is 2.57. The van der Waals surface area contributed by atoms with E-state index < -0.39 is 35.8 Å². The SMILES string of the molecule is N/N=C/C(O)C(O)C(O)C(CC(=O)c1ccncc1)C(=O)c1ccncc1. The van der Waals surface area contributed by atoms with Gasteiger partial charge in [0, 0.05) is 42.3 Å². The van der Waals surface area contributed by atoms with Gasteiger partial charge in [-0.15, -0.1) is 0 Å². The van der Waals surface area contributed by atoms with Crippen LogP contribution in [-0.4, -0.2) is 61.4 Å². The Labute approximate surface area is 155 Å². The number of aromatic nitrogens is 2. The third-order valence-corrected chi connectivity index (χ3v) is 4.06. The van der Waals surface area contributed by atoms with Crippen LogP contribution in [0, 0.1) is 5.92 Å². The number of carbonyl (C=O) groups is 2. The topological polar surface area (TPSA) is 159 Å². The Balaban J connectivity index is 2.30. The average molecular weight is 372 g/mol. The molecule has 2 rings (SSSR count). The molecule has 0 bridgehead atoms. The maximum atomic E-state index is 12.8. The summed E-state index contributed by atoms with van der Waals surface area (Å²) < 4.78 is 0. The van der Waals surface area contributed by atoms with E-state index in [9.17, 15) is 24.9 Å². The minimum atomic E-state index is -1.77. The third kappa shape index (κ3) is 5.23. The standard InChI is InChI=1S/C18H20N4O5/c19-22-10-15(24)18(27)17(26)13(16(25)12-3-7-21-8-4-12)9-14(23)11-1-5-20-6-2-11/h1-8,10,13,15,17-18,24,26-27H,9,19H2/b22-10+. The zero-order chi connectivity index (χ0) is 19.8. The van der Waals surface area contributed by atoms with Crippen LogP contribution < -0.4 is 5.84 Å². The van der Waals surface area contributed by atoms with E-state index in [0.29, 0.717) is 5.56 Å². The molecule has 2 heterocycles. The van der Waals surface area contributed by atoms with E-state index in [4.69, 9.17) is 5.84 Å². The highest BCUT2D eigenvalue weighted by molar-refractivity contribution is 6.03. The molecular formula is C18H20N4O5. The molecule has 0 radical (unpaired) electrons. The molecule has 9 heteroatoms. The number of hydrogen-bond acceptors (Lipinski definition) is 9. The summed E-state index contributed by atoms with van der Waals surface area (Å²) in [6, 6.07) is 5.83. The van der Waals surface area contributed by atoms with Crippen molar-refractivity contribution in [3.63, 3.8) is 0 Å². The van der Waals surface area contributed by atoms with Crippen molar-refractivity contribution in [3.8, 4) is 0 Å². The number of carbonyl (C=O) groups excluding carboxylic acids is 2. The van der Waals surface area contributed by atoms with Gasteiger partial charge >= 0.3 is 0 Å². The van der Waals surface area contributed by atoms with Crippen LogP contribution in [0.1, 0.15) is 27.1 Å². The quantitative estimate of drug-likeness (QED) is 0.200. The molecule has 2 aromatic rings. The van der Waals surface area contributed by atoms with Crippen LogP contribution in [0.4, 0.5) is 0 Å². The summed E-state index contributed by atoms with van der Waals surface area (Å²) in [6.45, 7) is 0. The normalized spacial score (nSPS) is 15.8. The van der Waals surface area contributed by atoms with Crippen LogP contribution in [0.25, 0.3) is 0 Å². The molecule has 0 amide bonds. The Bertz CT molecular complexity index is 785. The van der Waals surface area contributed by atoms with Gasteiger partial charge in [-0.25, -0.2) is 0 Å². The molecule has 142 valence electrons. The van der Waals surface area contributed by atoms with Gasteiger partial charge < -0.3 is 21.2 Å². The van der Waals surface area contributed by atoms with E-state index in [-0.39, 0.29) is 12.0 Å². The lowest BCUT2D eigenvalue weighted by atomic mass is 9.84. The van der Waals surface area contributed by atoms with E-state index in [1.165, 1.54) is 49.1 Å². The largest absolute Gasteiger partial charge is 0.390 e. The molecule has 0 aliphatic heterocycles. The first-order chi connectivity index (χ1) is 13.0. The number of aliphatic hydroxyl groups excluding tert-OH is 3. The Hall–Kier alpha value is -3.01. The summed E-state index contributed by atoms with van der Waals surface area (Å²) in [5.41, 5.74) is 0.522. The van der Waals surface area contributed by atoms with Crippen molar-refractivity contribution < 1.29 is 24.9 Å². The fourth-order valence-corrected chi connectivity index (χ4v) is 2.57. The van der Waals surface area contributed by atoms with Crippen molar-refractivity contribution >= 4 is 17.8 Å². The van der Waals surface area contributed by atoms with Crippen molar-refractivity contribution in [2.45, 2.75) is 24.7 Å². The average Bonchev–Trinajstić information content (AvgIpc) is 2.71.